The number of methoxy groups -OCH3 is 2. The molecule has 0 saturated heterocycles. The number of hydrogen-bond donors (Lipinski definition) is 2. The van der Waals surface area contributed by atoms with Gasteiger partial charge >= 0.3 is 0 Å². The number of benzene rings is 2. The number of nitrogens with one attached hydrogen (secondary N) is 2. The van der Waals surface area contributed by atoms with Crippen LogP contribution in [0.2, 0.25) is 10.0 Å². The monoisotopic (exact) mass is 533 g/mol. The molecule has 2 heterocycles. The Morgan fingerprint density at radius 1 is 1.18 bits per heavy atom. The van der Waals surface area contributed by atoms with Gasteiger partial charge in [0.05, 0.1) is 29.0 Å². The minimum Gasteiger partial charge on any atom is -0.497 e. The average molecular weight is 534 g/mol. The van der Waals surface area contributed by atoms with E-state index in [4.69, 9.17) is 49.3 Å². The molecule has 0 spiro atoms. The number of furan rings is 1. The quantitative estimate of drug-likeness (QED) is 0.219. The van der Waals surface area contributed by atoms with Crippen LogP contribution in [0, 0.1) is 0 Å². The van der Waals surface area contributed by atoms with Crippen LogP contribution in [-0.4, -0.2) is 30.2 Å². The molecule has 4 aromatic rings. The summed E-state index contributed by atoms with van der Waals surface area (Å²) in [6.07, 6.45) is 2.83. The number of fused-ring (bicyclic) bond motifs is 1. The fraction of sp³-hybridized carbons (Fsp3) is 0.0870. The van der Waals surface area contributed by atoms with Crippen LogP contribution in [0.25, 0.3) is 27.6 Å². The SMILES string of the molecule is COc1cc(OC)c2nc(NC(=S)NC(=O)C=Cc3ccc(-c4cccc(Cl)c4Cl)o3)sc2c1. The number of thiazole rings is 1. The molecular formula is C23H17Cl2N3O4S2. The average Bonchev–Trinajstić information content (AvgIpc) is 3.45. The van der Waals surface area contributed by atoms with E-state index < -0.39 is 5.91 Å². The van der Waals surface area contributed by atoms with Gasteiger partial charge in [0.15, 0.2) is 10.2 Å². The Morgan fingerprint density at radius 2 is 2.00 bits per heavy atom. The van der Waals surface area contributed by atoms with Gasteiger partial charge in [-0.2, -0.15) is 0 Å². The fourth-order valence-electron chi connectivity index (χ4n) is 3.02. The van der Waals surface area contributed by atoms with Crippen molar-refractivity contribution >= 4 is 79.2 Å². The molecule has 11 heteroatoms. The summed E-state index contributed by atoms with van der Waals surface area (Å²) in [5.74, 6) is 1.80. The van der Waals surface area contributed by atoms with E-state index >= 15 is 0 Å². The first-order valence-corrected chi connectivity index (χ1v) is 11.7. The number of amides is 1. The highest BCUT2D eigenvalue weighted by Crippen LogP contribution is 2.36. The molecule has 0 unspecified atom stereocenters. The predicted octanol–water partition coefficient (Wildman–Crippen LogP) is 6.41. The van der Waals surface area contributed by atoms with E-state index in [0.717, 1.165) is 4.70 Å². The molecule has 4 rings (SSSR count). The van der Waals surface area contributed by atoms with Crippen molar-refractivity contribution < 1.29 is 18.7 Å². The zero-order valence-corrected chi connectivity index (χ0v) is 21.0. The second kappa shape index (κ2) is 10.4. The molecule has 0 fully saturated rings. The molecule has 0 atom stereocenters. The number of nitrogens with zero attached hydrogens (tertiary/aromatic N) is 1. The van der Waals surface area contributed by atoms with E-state index in [0.29, 0.717) is 49.3 Å². The number of rotatable bonds is 6. The van der Waals surface area contributed by atoms with Crippen molar-refractivity contribution in [2.24, 2.45) is 0 Å². The van der Waals surface area contributed by atoms with Crippen molar-refractivity contribution in [3.63, 3.8) is 0 Å². The molecule has 0 aliphatic heterocycles. The van der Waals surface area contributed by atoms with Gasteiger partial charge in [-0.1, -0.05) is 40.6 Å². The molecule has 0 bridgehead atoms. The van der Waals surface area contributed by atoms with Gasteiger partial charge in [0.2, 0.25) is 5.91 Å². The number of hydrogen-bond acceptors (Lipinski definition) is 7. The van der Waals surface area contributed by atoms with Crippen LogP contribution in [0.15, 0.2) is 53.0 Å². The maximum Gasteiger partial charge on any atom is 0.250 e. The molecule has 0 radical (unpaired) electrons. The Balaban J connectivity index is 1.39. The fourth-order valence-corrected chi connectivity index (χ4v) is 4.59. The van der Waals surface area contributed by atoms with Gasteiger partial charge in [-0.15, -0.1) is 0 Å². The first kappa shape index (κ1) is 24.0. The Morgan fingerprint density at radius 3 is 2.76 bits per heavy atom. The summed E-state index contributed by atoms with van der Waals surface area (Å²) in [6, 6.07) is 12.3. The summed E-state index contributed by atoms with van der Waals surface area (Å²) < 4.78 is 17.2. The van der Waals surface area contributed by atoms with Crippen LogP contribution in [0.3, 0.4) is 0 Å². The Bertz CT molecular complexity index is 1410. The zero-order chi connectivity index (χ0) is 24.2. The third-order valence-electron chi connectivity index (χ3n) is 4.59. The summed E-state index contributed by atoms with van der Waals surface area (Å²) in [5.41, 5.74) is 1.33. The van der Waals surface area contributed by atoms with Crippen LogP contribution >= 0.6 is 46.8 Å². The van der Waals surface area contributed by atoms with Crippen LogP contribution in [-0.2, 0) is 4.79 Å². The topological polar surface area (TPSA) is 85.6 Å². The highest BCUT2D eigenvalue weighted by atomic mass is 35.5. The molecule has 0 saturated carbocycles. The number of halogens is 2. The number of ether oxygens (including phenoxy) is 2. The van der Waals surface area contributed by atoms with E-state index in [2.05, 4.69) is 15.6 Å². The number of carbonyl (C=O) groups excluding carboxylic acids is 1. The third-order valence-corrected chi connectivity index (χ3v) is 6.53. The second-order valence-electron chi connectivity index (χ2n) is 6.78. The lowest BCUT2D eigenvalue weighted by Crippen LogP contribution is -2.32. The first-order chi connectivity index (χ1) is 16.4. The normalized spacial score (nSPS) is 11.1. The van der Waals surface area contributed by atoms with Gasteiger partial charge < -0.3 is 19.2 Å². The van der Waals surface area contributed by atoms with Crippen molar-refractivity contribution in [3.8, 4) is 22.8 Å². The maximum atomic E-state index is 12.3. The van der Waals surface area contributed by atoms with Crippen LogP contribution < -0.4 is 20.1 Å². The Hall–Kier alpha value is -3.11. The predicted molar refractivity (Wildman–Crippen MR) is 140 cm³/mol. The first-order valence-electron chi connectivity index (χ1n) is 9.74. The third kappa shape index (κ3) is 5.34. The summed E-state index contributed by atoms with van der Waals surface area (Å²) in [7, 11) is 3.14. The lowest BCUT2D eigenvalue weighted by atomic mass is 10.2. The van der Waals surface area contributed by atoms with Crippen molar-refractivity contribution in [3.05, 3.63) is 64.3 Å². The summed E-state index contributed by atoms with van der Waals surface area (Å²) >= 11 is 18.9. The van der Waals surface area contributed by atoms with Gasteiger partial charge in [-0.25, -0.2) is 4.98 Å². The van der Waals surface area contributed by atoms with E-state index in [1.807, 2.05) is 6.07 Å². The summed E-state index contributed by atoms with van der Waals surface area (Å²) in [5, 5.41) is 6.92. The highest BCUT2D eigenvalue weighted by Gasteiger charge is 2.13. The molecule has 1 amide bonds. The number of carbonyl (C=O) groups is 1. The lowest BCUT2D eigenvalue weighted by molar-refractivity contribution is -0.115. The van der Waals surface area contributed by atoms with Crippen molar-refractivity contribution in [2.75, 3.05) is 19.5 Å². The molecule has 2 N–H and O–H groups in total. The van der Waals surface area contributed by atoms with Crippen LogP contribution in [0.5, 0.6) is 11.5 Å². The van der Waals surface area contributed by atoms with E-state index in [1.165, 1.54) is 23.5 Å². The van der Waals surface area contributed by atoms with E-state index in [9.17, 15) is 4.79 Å². The van der Waals surface area contributed by atoms with Crippen LogP contribution in [0.4, 0.5) is 5.13 Å². The van der Waals surface area contributed by atoms with Gasteiger partial charge in [0.25, 0.3) is 0 Å². The minimum absolute atomic E-state index is 0.102. The maximum absolute atomic E-state index is 12.3. The standard InChI is InChI=1S/C23H17Cl2N3O4S2/c1-30-13-10-17(31-2)21-18(11-13)34-23(27-21)28-22(33)26-19(29)9-7-12-6-8-16(32-12)14-4-3-5-15(24)20(14)25/h3-11H,1-2H3,(H2,26,27,28,29,33). The Labute approximate surface area is 214 Å². The van der Waals surface area contributed by atoms with Gasteiger partial charge in [-0.05, 0) is 48.6 Å². The van der Waals surface area contributed by atoms with E-state index in [-0.39, 0.29) is 5.11 Å². The molecule has 174 valence electrons. The molecule has 2 aromatic heterocycles. The van der Waals surface area contributed by atoms with Gasteiger partial charge in [-0.3, -0.25) is 10.1 Å². The smallest absolute Gasteiger partial charge is 0.250 e. The van der Waals surface area contributed by atoms with Crippen LogP contribution in [0.1, 0.15) is 5.76 Å². The molecule has 0 aliphatic carbocycles. The zero-order valence-electron chi connectivity index (χ0n) is 17.8. The van der Waals surface area contributed by atoms with Gasteiger partial charge in [0, 0.05) is 17.7 Å². The van der Waals surface area contributed by atoms with Crippen molar-refractivity contribution in [2.45, 2.75) is 0 Å². The number of anilines is 1. The second-order valence-corrected chi connectivity index (χ2v) is 9.00. The molecular weight excluding hydrogens is 517 g/mol. The lowest BCUT2D eigenvalue weighted by Gasteiger charge is -2.04. The van der Waals surface area contributed by atoms with Crippen molar-refractivity contribution in [1.82, 2.24) is 10.3 Å². The molecule has 34 heavy (non-hydrogen) atoms. The van der Waals surface area contributed by atoms with Gasteiger partial charge in [0.1, 0.15) is 28.5 Å². The molecule has 7 nitrogen and oxygen atoms in total. The molecule has 0 aliphatic rings. The highest BCUT2D eigenvalue weighted by molar-refractivity contribution is 7.80. The number of aromatic nitrogens is 1. The number of thiocarbonyl (C=S) groups is 1. The summed E-state index contributed by atoms with van der Waals surface area (Å²) in [4.78, 5) is 16.8. The van der Waals surface area contributed by atoms with E-state index in [1.54, 1.807) is 50.6 Å². The Kier molecular flexibility index (Phi) is 7.38. The largest absolute Gasteiger partial charge is 0.497 e. The minimum atomic E-state index is -0.434. The van der Waals surface area contributed by atoms with Crippen molar-refractivity contribution in [1.29, 1.82) is 0 Å². The summed E-state index contributed by atoms with van der Waals surface area (Å²) in [6.45, 7) is 0. The molecule has 2 aromatic carbocycles.